The summed E-state index contributed by atoms with van der Waals surface area (Å²) >= 11 is 0. The Hall–Kier alpha value is -0.500. The molecular weight excluding hydrogens is 300 g/mol. The number of rotatable bonds is 11. The molecule has 0 radical (unpaired) electrons. The van der Waals surface area contributed by atoms with Crippen LogP contribution in [-0.2, 0) is 9.47 Å². The molecule has 23 heavy (non-hydrogen) atoms. The second-order valence-corrected chi connectivity index (χ2v) is 6.06. The zero-order chi connectivity index (χ0) is 17.1. The summed E-state index contributed by atoms with van der Waals surface area (Å²) in [6.07, 6.45) is 6.37. The standard InChI is InChI=1S/C17H32O6/c1-2-3-4-5-6-7-8-9-10-11-22-17-16(21)15(20)14(19)13(12-18)23-17/h9-10,13-21H,2-8,11-12H2,1H3/b10-9+/t13-,14+,15+,16-,17+/m1/s1. The van der Waals surface area contributed by atoms with E-state index in [1.807, 2.05) is 12.2 Å². The molecule has 1 rings (SSSR count). The Labute approximate surface area is 138 Å². The van der Waals surface area contributed by atoms with Gasteiger partial charge in [-0.15, -0.1) is 0 Å². The monoisotopic (exact) mass is 332 g/mol. The van der Waals surface area contributed by atoms with Crippen molar-refractivity contribution in [1.82, 2.24) is 0 Å². The normalized spacial score (nSPS) is 31.8. The Morgan fingerprint density at radius 1 is 0.913 bits per heavy atom. The Morgan fingerprint density at radius 3 is 2.30 bits per heavy atom. The molecule has 1 aliphatic rings. The summed E-state index contributed by atoms with van der Waals surface area (Å²) in [5.74, 6) is 0. The maximum absolute atomic E-state index is 9.80. The molecule has 0 spiro atoms. The van der Waals surface area contributed by atoms with Crippen molar-refractivity contribution in [2.24, 2.45) is 0 Å². The van der Waals surface area contributed by atoms with E-state index in [1.54, 1.807) is 0 Å². The summed E-state index contributed by atoms with van der Waals surface area (Å²) in [7, 11) is 0. The van der Waals surface area contributed by atoms with E-state index in [2.05, 4.69) is 6.92 Å². The second-order valence-electron chi connectivity index (χ2n) is 6.06. The predicted molar refractivity (Wildman–Crippen MR) is 86.9 cm³/mol. The molecule has 0 aromatic carbocycles. The highest BCUT2D eigenvalue weighted by Crippen LogP contribution is 2.21. The Bertz CT molecular complexity index is 320. The van der Waals surface area contributed by atoms with Gasteiger partial charge in [-0.3, -0.25) is 0 Å². The molecule has 6 nitrogen and oxygen atoms in total. The predicted octanol–water partition coefficient (Wildman–Crippen LogP) is 1.11. The van der Waals surface area contributed by atoms with Crippen LogP contribution in [0.3, 0.4) is 0 Å². The minimum Gasteiger partial charge on any atom is -0.394 e. The van der Waals surface area contributed by atoms with E-state index in [4.69, 9.17) is 14.6 Å². The van der Waals surface area contributed by atoms with Crippen molar-refractivity contribution in [1.29, 1.82) is 0 Å². The fourth-order valence-electron chi connectivity index (χ4n) is 2.58. The number of ether oxygens (including phenoxy) is 2. The topological polar surface area (TPSA) is 99.4 Å². The molecule has 5 atom stereocenters. The molecule has 1 aliphatic heterocycles. The van der Waals surface area contributed by atoms with Crippen molar-refractivity contribution in [3.05, 3.63) is 12.2 Å². The van der Waals surface area contributed by atoms with Crippen LogP contribution in [0.5, 0.6) is 0 Å². The van der Waals surface area contributed by atoms with E-state index >= 15 is 0 Å². The van der Waals surface area contributed by atoms with Crippen LogP contribution >= 0.6 is 0 Å². The number of allylic oxidation sites excluding steroid dienone is 1. The molecule has 0 amide bonds. The highest BCUT2D eigenvalue weighted by molar-refractivity contribution is 4.89. The Balaban J connectivity index is 2.15. The van der Waals surface area contributed by atoms with Crippen molar-refractivity contribution in [3.8, 4) is 0 Å². The van der Waals surface area contributed by atoms with E-state index in [1.165, 1.54) is 32.1 Å². The first kappa shape index (κ1) is 20.5. The van der Waals surface area contributed by atoms with Crippen molar-refractivity contribution in [2.45, 2.75) is 82.6 Å². The van der Waals surface area contributed by atoms with Crippen molar-refractivity contribution >= 4 is 0 Å². The lowest BCUT2D eigenvalue weighted by Gasteiger charge is -2.39. The van der Waals surface area contributed by atoms with Crippen LogP contribution in [0.1, 0.15) is 51.9 Å². The second kappa shape index (κ2) is 11.9. The zero-order valence-electron chi connectivity index (χ0n) is 14.0. The Kier molecular flexibility index (Phi) is 10.7. The Morgan fingerprint density at radius 2 is 1.61 bits per heavy atom. The van der Waals surface area contributed by atoms with E-state index in [0.29, 0.717) is 0 Å². The lowest BCUT2D eigenvalue weighted by Crippen LogP contribution is -2.59. The van der Waals surface area contributed by atoms with Gasteiger partial charge in [0.1, 0.15) is 24.4 Å². The number of aliphatic hydroxyl groups is 4. The summed E-state index contributed by atoms with van der Waals surface area (Å²) in [4.78, 5) is 0. The van der Waals surface area contributed by atoms with Crippen LogP contribution < -0.4 is 0 Å². The van der Waals surface area contributed by atoms with E-state index < -0.39 is 37.3 Å². The molecule has 0 saturated carbocycles. The third kappa shape index (κ3) is 7.28. The fraction of sp³-hybridized carbons (Fsp3) is 0.882. The molecule has 1 heterocycles. The molecular formula is C17H32O6. The van der Waals surface area contributed by atoms with Crippen LogP contribution in [0, 0.1) is 0 Å². The van der Waals surface area contributed by atoms with Crippen LogP contribution in [0.15, 0.2) is 12.2 Å². The number of aliphatic hydroxyl groups excluding tert-OH is 4. The number of hydrogen-bond donors (Lipinski definition) is 4. The molecule has 0 bridgehead atoms. The van der Waals surface area contributed by atoms with Crippen LogP contribution in [-0.4, -0.2) is 64.3 Å². The van der Waals surface area contributed by atoms with Gasteiger partial charge in [0.05, 0.1) is 13.2 Å². The largest absolute Gasteiger partial charge is 0.394 e. The SMILES string of the molecule is CCCCCCCC/C=C/CO[C@H]1O[C@H](CO)[C@H](O)[C@H](O)[C@H]1O. The minimum absolute atomic E-state index is 0.249. The van der Waals surface area contributed by atoms with Gasteiger partial charge in [-0.25, -0.2) is 0 Å². The summed E-state index contributed by atoms with van der Waals surface area (Å²) in [6.45, 7) is 2.01. The van der Waals surface area contributed by atoms with Crippen molar-refractivity contribution in [2.75, 3.05) is 13.2 Å². The van der Waals surface area contributed by atoms with Crippen LogP contribution in [0.4, 0.5) is 0 Å². The van der Waals surface area contributed by atoms with Gasteiger partial charge < -0.3 is 29.9 Å². The molecule has 136 valence electrons. The van der Waals surface area contributed by atoms with Gasteiger partial charge in [0.25, 0.3) is 0 Å². The molecule has 0 aliphatic carbocycles. The molecule has 0 aromatic heterocycles. The maximum atomic E-state index is 9.80. The first-order chi connectivity index (χ1) is 11.1. The quantitative estimate of drug-likeness (QED) is 0.334. The average Bonchev–Trinajstić information content (AvgIpc) is 2.56. The first-order valence-corrected chi connectivity index (χ1v) is 8.69. The van der Waals surface area contributed by atoms with Crippen LogP contribution in [0.2, 0.25) is 0 Å². The third-order valence-corrected chi connectivity index (χ3v) is 4.10. The van der Waals surface area contributed by atoms with Gasteiger partial charge in [-0.2, -0.15) is 0 Å². The first-order valence-electron chi connectivity index (χ1n) is 8.69. The lowest BCUT2D eigenvalue weighted by molar-refractivity contribution is -0.298. The van der Waals surface area contributed by atoms with Gasteiger partial charge in [0.15, 0.2) is 6.29 Å². The molecule has 0 aromatic rings. The molecule has 1 saturated heterocycles. The van der Waals surface area contributed by atoms with Gasteiger partial charge in [-0.1, -0.05) is 51.2 Å². The van der Waals surface area contributed by atoms with Crippen molar-refractivity contribution < 1.29 is 29.9 Å². The summed E-state index contributed by atoms with van der Waals surface area (Å²) in [5, 5.41) is 38.2. The third-order valence-electron chi connectivity index (χ3n) is 4.10. The molecule has 4 N–H and O–H groups in total. The zero-order valence-corrected chi connectivity index (χ0v) is 14.0. The molecule has 1 fully saturated rings. The number of hydrogen-bond acceptors (Lipinski definition) is 6. The van der Waals surface area contributed by atoms with Gasteiger partial charge >= 0.3 is 0 Å². The van der Waals surface area contributed by atoms with Crippen LogP contribution in [0.25, 0.3) is 0 Å². The lowest BCUT2D eigenvalue weighted by atomic mass is 9.99. The van der Waals surface area contributed by atoms with Gasteiger partial charge in [0, 0.05) is 0 Å². The summed E-state index contributed by atoms with van der Waals surface area (Å²) < 4.78 is 10.6. The maximum Gasteiger partial charge on any atom is 0.187 e. The fourth-order valence-corrected chi connectivity index (χ4v) is 2.58. The summed E-state index contributed by atoms with van der Waals surface area (Å²) in [6, 6.07) is 0. The highest BCUT2D eigenvalue weighted by atomic mass is 16.7. The molecule has 6 heteroatoms. The van der Waals surface area contributed by atoms with E-state index in [9.17, 15) is 15.3 Å². The van der Waals surface area contributed by atoms with E-state index in [0.717, 1.165) is 12.8 Å². The smallest absolute Gasteiger partial charge is 0.187 e. The van der Waals surface area contributed by atoms with Gasteiger partial charge in [-0.05, 0) is 12.8 Å². The van der Waals surface area contributed by atoms with Crippen molar-refractivity contribution in [3.63, 3.8) is 0 Å². The highest BCUT2D eigenvalue weighted by Gasteiger charge is 2.43. The van der Waals surface area contributed by atoms with E-state index in [-0.39, 0.29) is 6.61 Å². The minimum atomic E-state index is -1.39. The van der Waals surface area contributed by atoms with Gasteiger partial charge in [0.2, 0.25) is 0 Å². The molecule has 0 unspecified atom stereocenters. The number of unbranched alkanes of at least 4 members (excludes halogenated alkanes) is 6. The summed E-state index contributed by atoms with van der Waals surface area (Å²) in [5.41, 5.74) is 0. The average molecular weight is 332 g/mol.